The zero-order valence-corrected chi connectivity index (χ0v) is 11.0. The molecule has 0 radical (unpaired) electrons. The number of rotatable bonds is 3. The van der Waals surface area contributed by atoms with Gasteiger partial charge in [0, 0.05) is 0 Å². The standard InChI is InChI=1S/C16H19N/c1-5-15(9-7-13(3)11-17)16-10-12(2)6-8-14(16)4/h5-10,13H,1-4H3/b9-7-,15-5+. The highest BCUT2D eigenvalue weighted by atomic mass is 14.2. The molecule has 1 nitrogen and oxygen atoms in total. The molecule has 0 N–H and O–H groups in total. The first-order valence-electron chi connectivity index (χ1n) is 5.90. The molecule has 0 saturated heterocycles. The second-order valence-electron chi connectivity index (χ2n) is 4.34. The van der Waals surface area contributed by atoms with E-state index in [4.69, 9.17) is 5.26 Å². The van der Waals surface area contributed by atoms with E-state index in [1.54, 1.807) is 0 Å². The van der Waals surface area contributed by atoms with Gasteiger partial charge in [0.15, 0.2) is 0 Å². The summed E-state index contributed by atoms with van der Waals surface area (Å²) in [4.78, 5) is 0. The third-order valence-corrected chi connectivity index (χ3v) is 2.78. The molecule has 0 amide bonds. The molecule has 0 aliphatic heterocycles. The Morgan fingerprint density at radius 3 is 2.65 bits per heavy atom. The summed E-state index contributed by atoms with van der Waals surface area (Å²) in [6.07, 6.45) is 6.06. The lowest BCUT2D eigenvalue weighted by Crippen LogP contribution is -1.89. The topological polar surface area (TPSA) is 23.8 Å². The highest BCUT2D eigenvalue weighted by molar-refractivity contribution is 5.76. The smallest absolute Gasteiger partial charge is 0.0694 e. The maximum Gasteiger partial charge on any atom is 0.0694 e. The summed E-state index contributed by atoms with van der Waals surface area (Å²) in [5.74, 6) is -0.0462. The zero-order chi connectivity index (χ0) is 12.8. The molecule has 17 heavy (non-hydrogen) atoms. The molecule has 1 aromatic carbocycles. The summed E-state index contributed by atoms with van der Waals surface area (Å²) in [6.45, 7) is 8.13. The summed E-state index contributed by atoms with van der Waals surface area (Å²) in [6, 6.07) is 8.65. The van der Waals surface area contributed by atoms with Gasteiger partial charge in [0.25, 0.3) is 0 Å². The van der Waals surface area contributed by atoms with Crippen LogP contribution in [0.1, 0.15) is 30.5 Å². The minimum absolute atomic E-state index is 0.0462. The monoisotopic (exact) mass is 225 g/mol. The maximum atomic E-state index is 8.77. The number of nitrogens with zero attached hydrogens (tertiary/aromatic N) is 1. The van der Waals surface area contributed by atoms with Crippen molar-refractivity contribution < 1.29 is 0 Å². The molecule has 0 bridgehead atoms. The van der Waals surface area contributed by atoms with Gasteiger partial charge >= 0.3 is 0 Å². The number of nitriles is 1. The van der Waals surface area contributed by atoms with Crippen LogP contribution in [0, 0.1) is 31.1 Å². The van der Waals surface area contributed by atoms with E-state index in [1.807, 2.05) is 26.0 Å². The molecule has 0 aliphatic carbocycles. The van der Waals surface area contributed by atoms with Crippen LogP contribution in [0.5, 0.6) is 0 Å². The molecule has 0 fully saturated rings. The third kappa shape index (κ3) is 3.60. The molecule has 1 unspecified atom stereocenters. The molecule has 0 aromatic heterocycles. The third-order valence-electron chi connectivity index (χ3n) is 2.78. The maximum absolute atomic E-state index is 8.77. The van der Waals surface area contributed by atoms with Gasteiger partial charge in [0.05, 0.1) is 12.0 Å². The zero-order valence-electron chi connectivity index (χ0n) is 11.0. The summed E-state index contributed by atoms with van der Waals surface area (Å²) >= 11 is 0. The Labute approximate surface area is 104 Å². The van der Waals surface area contributed by atoms with E-state index in [1.165, 1.54) is 22.3 Å². The van der Waals surface area contributed by atoms with E-state index in [0.717, 1.165) is 0 Å². The Hall–Kier alpha value is -1.81. The van der Waals surface area contributed by atoms with Gasteiger partial charge in [-0.25, -0.2) is 0 Å². The lowest BCUT2D eigenvalue weighted by Gasteiger charge is -2.08. The minimum atomic E-state index is -0.0462. The fraction of sp³-hybridized carbons (Fsp3) is 0.312. The second kappa shape index (κ2) is 6.06. The molecule has 0 heterocycles. The molecular weight excluding hydrogens is 206 g/mol. The van der Waals surface area contributed by atoms with Crippen molar-refractivity contribution in [1.82, 2.24) is 0 Å². The first-order valence-corrected chi connectivity index (χ1v) is 5.90. The number of hydrogen-bond acceptors (Lipinski definition) is 1. The number of allylic oxidation sites excluding steroid dienone is 4. The summed E-state index contributed by atoms with van der Waals surface area (Å²) in [5, 5.41) is 8.77. The fourth-order valence-electron chi connectivity index (χ4n) is 1.68. The molecule has 1 atom stereocenters. The normalized spacial score (nSPS) is 13.7. The molecule has 88 valence electrons. The molecule has 0 spiro atoms. The van der Waals surface area contributed by atoms with Crippen LogP contribution < -0.4 is 0 Å². The van der Waals surface area contributed by atoms with Gasteiger partial charge < -0.3 is 0 Å². The van der Waals surface area contributed by atoms with Gasteiger partial charge in [0.2, 0.25) is 0 Å². The Kier molecular flexibility index (Phi) is 4.72. The van der Waals surface area contributed by atoms with Crippen molar-refractivity contribution >= 4 is 5.57 Å². The van der Waals surface area contributed by atoms with Gasteiger partial charge in [-0.2, -0.15) is 5.26 Å². The van der Waals surface area contributed by atoms with Crippen LogP contribution in [-0.2, 0) is 0 Å². The van der Waals surface area contributed by atoms with Gasteiger partial charge in [-0.05, 0) is 44.4 Å². The first kappa shape index (κ1) is 13.3. The largest absolute Gasteiger partial charge is 0.198 e. The van der Waals surface area contributed by atoms with E-state index in [2.05, 4.69) is 44.2 Å². The van der Waals surface area contributed by atoms with E-state index in [9.17, 15) is 0 Å². The summed E-state index contributed by atoms with van der Waals surface area (Å²) < 4.78 is 0. The van der Waals surface area contributed by atoms with Crippen LogP contribution in [0.15, 0.2) is 36.4 Å². The van der Waals surface area contributed by atoms with E-state index in [0.29, 0.717) is 0 Å². The van der Waals surface area contributed by atoms with Gasteiger partial charge in [-0.1, -0.05) is 42.0 Å². The quantitative estimate of drug-likeness (QED) is 0.698. The summed E-state index contributed by atoms with van der Waals surface area (Å²) in [7, 11) is 0. The van der Waals surface area contributed by atoms with Crippen molar-refractivity contribution in [3.8, 4) is 6.07 Å². The molecule has 0 aliphatic rings. The van der Waals surface area contributed by atoms with Crippen molar-refractivity contribution in [1.29, 1.82) is 5.26 Å². The van der Waals surface area contributed by atoms with Gasteiger partial charge in [-0.3, -0.25) is 0 Å². The predicted octanol–water partition coefficient (Wildman–Crippen LogP) is 4.42. The average molecular weight is 225 g/mol. The SMILES string of the molecule is C/C=C(\C=C/C(C)C#N)c1cc(C)ccc1C. The van der Waals surface area contributed by atoms with Crippen LogP contribution in [-0.4, -0.2) is 0 Å². The Morgan fingerprint density at radius 1 is 1.35 bits per heavy atom. The fourth-order valence-corrected chi connectivity index (χ4v) is 1.68. The highest BCUT2D eigenvalue weighted by Gasteiger charge is 2.02. The van der Waals surface area contributed by atoms with Crippen LogP contribution in [0.25, 0.3) is 5.57 Å². The van der Waals surface area contributed by atoms with Gasteiger partial charge in [0.1, 0.15) is 0 Å². The van der Waals surface area contributed by atoms with Crippen molar-refractivity contribution in [2.24, 2.45) is 5.92 Å². The Morgan fingerprint density at radius 2 is 2.06 bits per heavy atom. The van der Waals surface area contributed by atoms with Crippen molar-refractivity contribution in [3.63, 3.8) is 0 Å². The van der Waals surface area contributed by atoms with E-state index >= 15 is 0 Å². The van der Waals surface area contributed by atoms with E-state index < -0.39 is 0 Å². The molecule has 1 aromatic rings. The average Bonchev–Trinajstić information content (AvgIpc) is 2.33. The first-order chi connectivity index (χ1) is 8.08. The molecule has 1 rings (SSSR count). The molecule has 1 heteroatoms. The minimum Gasteiger partial charge on any atom is -0.198 e. The van der Waals surface area contributed by atoms with Crippen LogP contribution in [0.3, 0.4) is 0 Å². The molecule has 0 saturated carbocycles. The van der Waals surface area contributed by atoms with E-state index in [-0.39, 0.29) is 5.92 Å². The lowest BCUT2D eigenvalue weighted by atomic mass is 9.97. The lowest BCUT2D eigenvalue weighted by molar-refractivity contribution is 0.957. The van der Waals surface area contributed by atoms with Crippen LogP contribution in [0.2, 0.25) is 0 Å². The summed E-state index contributed by atoms with van der Waals surface area (Å²) in [5.41, 5.74) is 4.94. The van der Waals surface area contributed by atoms with Crippen LogP contribution in [0.4, 0.5) is 0 Å². The second-order valence-corrected chi connectivity index (χ2v) is 4.34. The number of benzene rings is 1. The number of aryl methyl sites for hydroxylation is 2. The van der Waals surface area contributed by atoms with Gasteiger partial charge in [-0.15, -0.1) is 0 Å². The molecular formula is C16H19N. The number of hydrogen-bond donors (Lipinski definition) is 0. The van der Waals surface area contributed by atoms with Crippen molar-refractivity contribution in [2.75, 3.05) is 0 Å². The Balaban J connectivity index is 3.08. The van der Waals surface area contributed by atoms with Crippen molar-refractivity contribution in [3.05, 3.63) is 53.1 Å². The highest BCUT2D eigenvalue weighted by Crippen LogP contribution is 2.22. The predicted molar refractivity (Wildman–Crippen MR) is 73.5 cm³/mol. The van der Waals surface area contributed by atoms with Crippen molar-refractivity contribution in [2.45, 2.75) is 27.7 Å². The Bertz CT molecular complexity index is 487. The van der Waals surface area contributed by atoms with Crippen LogP contribution >= 0.6 is 0 Å².